The molecule has 6 nitrogen and oxygen atoms in total. The minimum Gasteiger partial charge on any atom is -0.493 e. The number of hydrogen-bond donors (Lipinski definition) is 2. The Morgan fingerprint density at radius 2 is 1.64 bits per heavy atom. The van der Waals surface area contributed by atoms with Gasteiger partial charge in [-0.05, 0) is 57.1 Å². The van der Waals surface area contributed by atoms with Crippen LogP contribution in [0.4, 0.5) is 0 Å². The number of piperidine rings is 1. The molecule has 2 heterocycles. The minimum atomic E-state index is -1.26. The first-order valence-corrected chi connectivity index (χ1v) is 13.9. The van der Waals surface area contributed by atoms with E-state index in [0.29, 0.717) is 40.2 Å². The summed E-state index contributed by atoms with van der Waals surface area (Å²) in [5.41, 5.74) is 0. The highest BCUT2D eigenvalue weighted by Gasteiger charge is 2.49. The van der Waals surface area contributed by atoms with E-state index in [9.17, 15) is 9.59 Å². The maximum absolute atomic E-state index is 9.55. The lowest BCUT2D eigenvalue weighted by molar-refractivity contribution is -0.134. The average Bonchev–Trinajstić information content (AvgIpc) is 2.98. The number of carboxylic acid groups (broad SMARTS) is 2. The number of aliphatic carboxylic acids is 2. The fraction of sp³-hybridized carbons (Fsp3) is 0.643. The van der Waals surface area contributed by atoms with Gasteiger partial charge in [0.05, 0.1) is 16.7 Å². The predicted octanol–water partition coefficient (Wildman–Crippen LogP) is 6.93. The number of carbonyl (C=O) groups is 2. The third kappa shape index (κ3) is 7.87. The van der Waals surface area contributed by atoms with Gasteiger partial charge >= 0.3 is 11.9 Å². The number of carboxylic acids is 2. The van der Waals surface area contributed by atoms with Gasteiger partial charge in [-0.1, -0.05) is 61.7 Å². The zero-order valence-electron chi connectivity index (χ0n) is 21.2. The zero-order valence-corrected chi connectivity index (χ0v) is 22.8. The van der Waals surface area contributed by atoms with E-state index in [-0.39, 0.29) is 0 Å². The van der Waals surface area contributed by atoms with E-state index < -0.39 is 11.9 Å². The van der Waals surface area contributed by atoms with E-state index in [4.69, 9.17) is 38.2 Å². The van der Waals surface area contributed by atoms with Gasteiger partial charge in [0.1, 0.15) is 5.75 Å². The van der Waals surface area contributed by atoms with Crippen molar-refractivity contribution in [1.82, 2.24) is 4.90 Å². The molecule has 1 saturated carbocycles. The molecule has 1 aromatic carbocycles. The molecule has 3 aliphatic rings. The van der Waals surface area contributed by atoms with Gasteiger partial charge in [-0.15, -0.1) is 0 Å². The van der Waals surface area contributed by atoms with Crippen molar-refractivity contribution >= 4 is 35.1 Å². The molecule has 0 amide bonds. The number of benzene rings is 1. The van der Waals surface area contributed by atoms with Crippen LogP contribution in [0.5, 0.6) is 5.75 Å². The van der Waals surface area contributed by atoms with Crippen LogP contribution in [0.1, 0.15) is 71.6 Å². The van der Waals surface area contributed by atoms with E-state index in [0.717, 1.165) is 30.2 Å². The Bertz CT molecular complexity index is 897. The number of halogens is 2. The summed E-state index contributed by atoms with van der Waals surface area (Å²) in [5, 5.41) is 16.8. The first-order chi connectivity index (χ1) is 17.2. The molecule has 3 fully saturated rings. The van der Waals surface area contributed by atoms with Crippen molar-refractivity contribution in [3.63, 3.8) is 0 Å². The smallest absolute Gasteiger partial charge is 0.328 e. The maximum atomic E-state index is 9.55. The first kappa shape index (κ1) is 28.8. The van der Waals surface area contributed by atoms with Crippen molar-refractivity contribution in [3.05, 3.63) is 40.4 Å². The molecule has 2 unspecified atom stereocenters. The fourth-order valence-electron chi connectivity index (χ4n) is 6.60. The van der Waals surface area contributed by atoms with E-state index in [1.165, 1.54) is 57.8 Å². The van der Waals surface area contributed by atoms with Crippen LogP contribution < -0.4 is 4.74 Å². The molecule has 2 saturated heterocycles. The molecule has 0 radical (unpaired) electrons. The molecule has 36 heavy (non-hydrogen) atoms. The Balaban J connectivity index is 0.000000392. The van der Waals surface area contributed by atoms with Gasteiger partial charge in [0.15, 0.2) is 0 Å². The molecular formula is C28H39Cl2NO5. The second kappa shape index (κ2) is 13.7. The Kier molecular flexibility index (Phi) is 11.0. The first-order valence-electron chi connectivity index (χ1n) is 13.2. The zero-order chi connectivity index (χ0) is 26.2. The maximum Gasteiger partial charge on any atom is 0.328 e. The lowest BCUT2D eigenvalue weighted by Crippen LogP contribution is -2.54. The van der Waals surface area contributed by atoms with Crippen molar-refractivity contribution in [2.24, 2.45) is 17.8 Å². The Hall–Kier alpha value is -1.76. The Labute approximate surface area is 224 Å². The molecule has 200 valence electrons. The van der Waals surface area contributed by atoms with Gasteiger partial charge in [0.25, 0.3) is 0 Å². The molecule has 2 bridgehead atoms. The van der Waals surface area contributed by atoms with Crippen LogP contribution in [-0.2, 0) is 9.59 Å². The van der Waals surface area contributed by atoms with Crippen molar-refractivity contribution in [3.8, 4) is 5.75 Å². The third-order valence-corrected chi connectivity index (χ3v) is 8.73. The predicted molar refractivity (Wildman–Crippen MR) is 143 cm³/mol. The normalized spacial score (nSPS) is 26.9. The van der Waals surface area contributed by atoms with Crippen LogP contribution >= 0.6 is 23.2 Å². The highest BCUT2D eigenvalue weighted by Crippen LogP contribution is 2.49. The molecule has 1 aliphatic carbocycles. The number of hydrogen-bond acceptors (Lipinski definition) is 4. The number of fused-ring (bicyclic) bond motifs is 2. The summed E-state index contributed by atoms with van der Waals surface area (Å²) in [6.45, 7) is 5.54. The minimum absolute atomic E-state index is 0.558. The van der Waals surface area contributed by atoms with Crippen LogP contribution in [0, 0.1) is 17.8 Å². The van der Waals surface area contributed by atoms with Gasteiger partial charge in [0, 0.05) is 42.3 Å². The van der Waals surface area contributed by atoms with Gasteiger partial charge in [-0.3, -0.25) is 4.90 Å². The number of nitrogens with zero attached hydrogens (tertiary/aromatic N) is 1. The lowest BCUT2D eigenvalue weighted by atomic mass is 9.70. The van der Waals surface area contributed by atoms with Gasteiger partial charge in [-0.25, -0.2) is 9.59 Å². The Morgan fingerprint density at radius 1 is 1.00 bits per heavy atom. The standard InChI is InChI=1S/C24H35Cl2NO.C4H4O4/c1-16(2)27-18-9-12-24(27)21(15-28-19-10-11-22(25)23(26)14-19)20(13-18)17-7-5-3-4-6-8-17;5-3(6)1-2-4(7)8/h10-11,14,16-18,20-21,24H,3-9,12-13,15H2,1-2H3;1-2H,(H,5,6)(H,7,8)/b;2-1+/t18?,20-,21+,24?;/m0./s1. The summed E-state index contributed by atoms with van der Waals surface area (Å²) in [5.74, 6) is 0.666. The molecule has 2 aliphatic heterocycles. The van der Waals surface area contributed by atoms with Crippen LogP contribution in [0.25, 0.3) is 0 Å². The largest absolute Gasteiger partial charge is 0.493 e. The van der Waals surface area contributed by atoms with Crippen molar-refractivity contribution in [2.45, 2.75) is 89.8 Å². The Morgan fingerprint density at radius 3 is 2.19 bits per heavy atom. The molecule has 0 aromatic heterocycles. The second-order valence-corrected chi connectivity index (χ2v) is 11.4. The van der Waals surface area contributed by atoms with Crippen LogP contribution in [0.2, 0.25) is 10.0 Å². The number of rotatable bonds is 7. The molecule has 1 aromatic rings. The quantitative estimate of drug-likeness (QED) is 0.288. The molecule has 4 atom stereocenters. The summed E-state index contributed by atoms with van der Waals surface area (Å²) in [6, 6.07) is 7.75. The second-order valence-electron chi connectivity index (χ2n) is 10.6. The molecule has 0 spiro atoms. The highest BCUT2D eigenvalue weighted by molar-refractivity contribution is 6.42. The topological polar surface area (TPSA) is 87.1 Å². The SMILES string of the molecule is CC(C)N1C2CCC1[C@H](COc1ccc(Cl)c(Cl)c1)[C@H](C1CCCCCC1)C2.O=C(O)/C=C/C(=O)O. The summed E-state index contributed by atoms with van der Waals surface area (Å²) in [4.78, 5) is 21.9. The van der Waals surface area contributed by atoms with Crippen molar-refractivity contribution in [1.29, 1.82) is 0 Å². The van der Waals surface area contributed by atoms with Crippen molar-refractivity contribution in [2.75, 3.05) is 6.61 Å². The third-order valence-electron chi connectivity index (χ3n) is 7.99. The van der Waals surface area contributed by atoms with E-state index in [2.05, 4.69) is 18.7 Å². The molecule has 4 rings (SSSR count). The van der Waals surface area contributed by atoms with Crippen LogP contribution in [-0.4, -0.2) is 51.8 Å². The number of ether oxygens (including phenoxy) is 1. The van der Waals surface area contributed by atoms with Gasteiger partial charge in [0.2, 0.25) is 0 Å². The summed E-state index contributed by atoms with van der Waals surface area (Å²) >= 11 is 12.3. The van der Waals surface area contributed by atoms with Crippen LogP contribution in [0.15, 0.2) is 30.4 Å². The van der Waals surface area contributed by atoms with Crippen LogP contribution in [0.3, 0.4) is 0 Å². The molecule has 2 N–H and O–H groups in total. The molecular weight excluding hydrogens is 501 g/mol. The van der Waals surface area contributed by atoms with E-state index in [1.807, 2.05) is 18.2 Å². The lowest BCUT2D eigenvalue weighted by Gasteiger charge is -2.49. The summed E-state index contributed by atoms with van der Waals surface area (Å²) in [6.07, 6.45) is 13.7. The average molecular weight is 541 g/mol. The molecule has 8 heteroatoms. The monoisotopic (exact) mass is 539 g/mol. The van der Waals surface area contributed by atoms with E-state index in [1.54, 1.807) is 0 Å². The van der Waals surface area contributed by atoms with Gasteiger partial charge in [-0.2, -0.15) is 0 Å². The van der Waals surface area contributed by atoms with E-state index >= 15 is 0 Å². The fourth-order valence-corrected chi connectivity index (χ4v) is 6.89. The summed E-state index contributed by atoms with van der Waals surface area (Å²) in [7, 11) is 0. The summed E-state index contributed by atoms with van der Waals surface area (Å²) < 4.78 is 6.34. The van der Waals surface area contributed by atoms with Gasteiger partial charge < -0.3 is 14.9 Å². The highest BCUT2D eigenvalue weighted by atomic mass is 35.5. The van der Waals surface area contributed by atoms with Crippen molar-refractivity contribution < 1.29 is 24.5 Å².